The van der Waals surface area contributed by atoms with Gasteiger partial charge in [0.2, 0.25) is 0 Å². The van der Waals surface area contributed by atoms with Gasteiger partial charge in [0, 0.05) is 5.57 Å². The Hall–Kier alpha value is -0.770. The van der Waals surface area contributed by atoms with Gasteiger partial charge in [-0.25, -0.2) is 0 Å². The molecule has 0 aliphatic rings. The zero-order valence-corrected chi connectivity index (χ0v) is 6.52. The highest BCUT2D eigenvalue weighted by atomic mass is 14.2. The van der Waals surface area contributed by atoms with Gasteiger partial charge in [-0.05, 0) is 12.3 Å². The van der Waals surface area contributed by atoms with Crippen molar-refractivity contribution >= 4 is 0 Å². The molecule has 0 aromatic rings. The number of hydrogen-bond acceptors (Lipinski definition) is 1. The van der Waals surface area contributed by atoms with E-state index in [0.29, 0.717) is 0 Å². The van der Waals surface area contributed by atoms with E-state index >= 15 is 0 Å². The Morgan fingerprint density at radius 2 is 1.89 bits per heavy atom. The van der Waals surface area contributed by atoms with E-state index in [2.05, 4.69) is 26.8 Å². The molecule has 0 fully saturated rings. The van der Waals surface area contributed by atoms with Gasteiger partial charge < -0.3 is 0 Å². The van der Waals surface area contributed by atoms with Crippen molar-refractivity contribution in [2.45, 2.75) is 27.7 Å². The summed E-state index contributed by atoms with van der Waals surface area (Å²) >= 11 is 0. The number of hydrogen-bond donors (Lipinski definition) is 0. The van der Waals surface area contributed by atoms with Gasteiger partial charge in [0.1, 0.15) is 0 Å². The van der Waals surface area contributed by atoms with Crippen LogP contribution < -0.4 is 0 Å². The van der Waals surface area contributed by atoms with Crippen LogP contribution in [0.5, 0.6) is 0 Å². The van der Waals surface area contributed by atoms with Crippen LogP contribution in [0.15, 0.2) is 11.6 Å². The van der Waals surface area contributed by atoms with Crippen molar-refractivity contribution in [1.29, 1.82) is 5.26 Å². The molecule has 0 bridgehead atoms. The van der Waals surface area contributed by atoms with Gasteiger partial charge in [-0.1, -0.05) is 26.8 Å². The largest absolute Gasteiger partial charge is 0.193 e. The van der Waals surface area contributed by atoms with E-state index in [4.69, 9.17) is 5.26 Å². The molecule has 0 saturated heterocycles. The summed E-state index contributed by atoms with van der Waals surface area (Å²) in [7, 11) is 0. The fourth-order valence-electron chi connectivity index (χ4n) is 0.682. The first-order valence-corrected chi connectivity index (χ1v) is 3.05. The quantitative estimate of drug-likeness (QED) is 0.454. The van der Waals surface area contributed by atoms with Crippen molar-refractivity contribution < 1.29 is 0 Å². The Balaban J connectivity index is 4.17. The molecule has 0 aromatic heterocycles. The summed E-state index contributed by atoms with van der Waals surface area (Å²) in [5.41, 5.74) is 0.933. The average molecular weight is 123 g/mol. The maximum absolute atomic E-state index is 8.38. The number of nitriles is 1. The minimum atomic E-state index is 0.139. The van der Waals surface area contributed by atoms with Gasteiger partial charge in [-0.3, -0.25) is 0 Å². The molecule has 0 atom stereocenters. The Morgan fingerprint density at radius 1 is 1.44 bits per heavy atom. The fraction of sp³-hybridized carbons (Fsp3) is 0.625. The molecule has 1 nitrogen and oxygen atoms in total. The molecule has 0 saturated carbocycles. The van der Waals surface area contributed by atoms with Crippen LogP contribution in [0.25, 0.3) is 0 Å². The number of nitrogens with zero attached hydrogens (tertiary/aromatic N) is 1. The third kappa shape index (κ3) is 5.10. The molecule has 0 rings (SSSR count). The fourth-order valence-corrected chi connectivity index (χ4v) is 0.682. The van der Waals surface area contributed by atoms with Crippen LogP contribution in [0.4, 0.5) is 0 Å². The molecule has 0 amide bonds. The van der Waals surface area contributed by atoms with Crippen molar-refractivity contribution in [1.82, 2.24) is 0 Å². The zero-order valence-electron chi connectivity index (χ0n) is 6.52. The smallest absolute Gasteiger partial charge is 0.0940 e. The molecule has 0 heterocycles. The van der Waals surface area contributed by atoms with Crippen molar-refractivity contribution in [3.63, 3.8) is 0 Å². The van der Waals surface area contributed by atoms with Crippen LogP contribution in [0.3, 0.4) is 0 Å². The molecule has 1 heteroatoms. The van der Waals surface area contributed by atoms with Crippen molar-refractivity contribution in [3.8, 4) is 6.07 Å². The summed E-state index contributed by atoms with van der Waals surface area (Å²) < 4.78 is 0. The lowest BCUT2D eigenvalue weighted by molar-refractivity contribution is 0.541. The number of rotatable bonds is 0. The molecule has 0 spiro atoms. The second-order valence-corrected chi connectivity index (χ2v) is 3.31. The Morgan fingerprint density at radius 3 is 2.00 bits per heavy atom. The highest BCUT2D eigenvalue weighted by Gasteiger charge is 2.04. The third-order valence-corrected chi connectivity index (χ3v) is 0.826. The molecule has 0 N–H and O–H groups in total. The van der Waals surface area contributed by atoms with Crippen LogP contribution in [-0.4, -0.2) is 0 Å². The van der Waals surface area contributed by atoms with E-state index in [1.807, 2.05) is 13.0 Å². The van der Waals surface area contributed by atoms with E-state index in [9.17, 15) is 0 Å². The lowest BCUT2D eigenvalue weighted by Gasteiger charge is -2.10. The van der Waals surface area contributed by atoms with Gasteiger partial charge in [-0.2, -0.15) is 5.26 Å². The minimum absolute atomic E-state index is 0.139. The topological polar surface area (TPSA) is 23.8 Å². The first-order valence-electron chi connectivity index (χ1n) is 3.05. The number of allylic oxidation sites excluding steroid dienone is 2. The predicted octanol–water partition coefficient (Wildman–Crippen LogP) is 2.50. The molecule has 0 aliphatic carbocycles. The third-order valence-electron chi connectivity index (χ3n) is 0.826. The summed E-state index contributed by atoms with van der Waals surface area (Å²) in [5.74, 6) is 0. The predicted molar refractivity (Wildman–Crippen MR) is 38.8 cm³/mol. The van der Waals surface area contributed by atoms with Crippen molar-refractivity contribution in [2.75, 3.05) is 0 Å². The van der Waals surface area contributed by atoms with Crippen LogP contribution in [0.2, 0.25) is 0 Å². The summed E-state index contributed by atoms with van der Waals surface area (Å²) in [6.07, 6.45) is 1.97. The van der Waals surface area contributed by atoms with Gasteiger partial charge in [-0.15, -0.1) is 0 Å². The zero-order chi connectivity index (χ0) is 7.49. The highest BCUT2D eigenvalue weighted by Crippen LogP contribution is 2.16. The van der Waals surface area contributed by atoms with Crippen LogP contribution in [0, 0.1) is 16.7 Å². The van der Waals surface area contributed by atoms with Gasteiger partial charge in [0.25, 0.3) is 0 Å². The van der Waals surface area contributed by atoms with Crippen molar-refractivity contribution in [2.24, 2.45) is 5.41 Å². The Bertz CT molecular complexity index is 152. The lowest BCUT2D eigenvalue weighted by atomic mass is 9.94. The second kappa shape index (κ2) is 2.68. The van der Waals surface area contributed by atoms with E-state index in [1.165, 1.54) is 0 Å². The monoisotopic (exact) mass is 123 g/mol. The Labute approximate surface area is 57.0 Å². The maximum atomic E-state index is 8.38. The van der Waals surface area contributed by atoms with E-state index in [1.54, 1.807) is 0 Å². The van der Waals surface area contributed by atoms with Gasteiger partial charge in [0.05, 0.1) is 6.07 Å². The molecule has 0 radical (unpaired) electrons. The summed E-state index contributed by atoms with van der Waals surface area (Å²) in [6, 6.07) is 2.08. The Kier molecular flexibility index (Phi) is 2.45. The van der Waals surface area contributed by atoms with E-state index in [-0.39, 0.29) is 5.41 Å². The van der Waals surface area contributed by atoms with Crippen LogP contribution in [0.1, 0.15) is 27.7 Å². The lowest BCUT2D eigenvalue weighted by Crippen LogP contribution is -1.99. The first kappa shape index (κ1) is 8.23. The van der Waals surface area contributed by atoms with Gasteiger partial charge in [0.15, 0.2) is 0 Å². The summed E-state index contributed by atoms with van der Waals surface area (Å²) in [5, 5.41) is 8.38. The normalized spacial score (nSPS) is 13.0. The van der Waals surface area contributed by atoms with Crippen LogP contribution in [-0.2, 0) is 0 Å². The molecular weight excluding hydrogens is 110 g/mol. The van der Waals surface area contributed by atoms with E-state index < -0.39 is 0 Å². The molecule has 0 unspecified atom stereocenters. The molecule has 0 aromatic carbocycles. The summed E-state index contributed by atoms with van der Waals surface area (Å²) in [6.45, 7) is 8.06. The van der Waals surface area contributed by atoms with Crippen LogP contribution >= 0.6 is 0 Å². The van der Waals surface area contributed by atoms with Gasteiger partial charge >= 0.3 is 0 Å². The highest BCUT2D eigenvalue weighted by molar-refractivity contribution is 5.19. The maximum Gasteiger partial charge on any atom is 0.0940 e. The first-order chi connectivity index (χ1) is 3.95. The standard InChI is InChI=1S/C8H13N/c1-7(6-9)5-8(2,3)4/h5H,1-4H3/b7-5+. The summed E-state index contributed by atoms with van der Waals surface area (Å²) in [4.78, 5) is 0. The average Bonchev–Trinajstić information content (AvgIpc) is 1.62. The molecule has 9 heavy (non-hydrogen) atoms. The van der Waals surface area contributed by atoms with E-state index in [0.717, 1.165) is 5.57 Å². The minimum Gasteiger partial charge on any atom is -0.193 e. The second-order valence-electron chi connectivity index (χ2n) is 3.31. The molecule has 50 valence electrons. The SMILES string of the molecule is C/C(C#N)=C\C(C)(C)C. The van der Waals surface area contributed by atoms with Crippen molar-refractivity contribution in [3.05, 3.63) is 11.6 Å². The molecule has 0 aliphatic heterocycles. The molecular formula is C8H13N.